The average molecular weight is 798 g/mol. The second-order valence-electron chi connectivity index (χ2n) is 15.6. The third kappa shape index (κ3) is 8.33. The summed E-state index contributed by atoms with van der Waals surface area (Å²) in [6.45, 7) is 2.91. The number of piperidine rings is 1. The molecule has 3 fully saturated rings. The largest absolute Gasteiger partial charge is 0.480 e. The van der Waals surface area contributed by atoms with Crippen LogP contribution in [0.3, 0.4) is 0 Å². The zero-order valence-electron chi connectivity index (χ0n) is 31.1. The van der Waals surface area contributed by atoms with Crippen molar-refractivity contribution in [1.82, 2.24) is 19.8 Å². The van der Waals surface area contributed by atoms with Gasteiger partial charge in [0, 0.05) is 49.2 Å². The van der Waals surface area contributed by atoms with Crippen LogP contribution in [0.4, 0.5) is 11.4 Å². The molecule has 13 heteroatoms. The van der Waals surface area contributed by atoms with Crippen LogP contribution in [0.15, 0.2) is 60.9 Å². The second-order valence-corrected chi connectivity index (χ2v) is 16.4. The SMILES string of the molecule is O=C(Nc1cccc(-c2cccc(NC(=O)c3cc(C4CC4)c(CN4CCCCC4C(=O)O)cn3)c2Cl)c1Cl)c1cc2c(cn1)CN(C1CCC(O)CC1)CC2. The number of carboxylic acid groups (broad SMARTS) is 1. The number of rotatable bonds is 10. The van der Waals surface area contributed by atoms with Crippen molar-refractivity contribution < 1.29 is 24.6 Å². The number of nitrogens with one attached hydrogen (secondary N) is 2. The van der Waals surface area contributed by atoms with Gasteiger partial charge >= 0.3 is 5.97 Å². The van der Waals surface area contributed by atoms with Crippen LogP contribution in [-0.2, 0) is 24.3 Å². The predicted octanol–water partition coefficient (Wildman–Crippen LogP) is 7.93. The molecule has 4 N–H and O–H groups in total. The van der Waals surface area contributed by atoms with Gasteiger partial charge in [-0.3, -0.25) is 34.2 Å². The highest BCUT2D eigenvalue weighted by Crippen LogP contribution is 2.43. The summed E-state index contributed by atoms with van der Waals surface area (Å²) in [4.78, 5) is 52.5. The molecule has 4 aliphatic rings. The van der Waals surface area contributed by atoms with Crippen LogP contribution in [0.5, 0.6) is 0 Å². The molecule has 56 heavy (non-hydrogen) atoms. The Hall–Kier alpha value is -4.39. The monoisotopic (exact) mass is 796 g/mol. The predicted molar refractivity (Wildman–Crippen MR) is 216 cm³/mol. The van der Waals surface area contributed by atoms with E-state index >= 15 is 0 Å². The Balaban J connectivity index is 0.952. The number of hydrogen-bond donors (Lipinski definition) is 4. The lowest BCUT2D eigenvalue weighted by molar-refractivity contribution is -0.144. The number of aliphatic carboxylic acids is 1. The number of anilines is 2. The minimum Gasteiger partial charge on any atom is -0.480 e. The van der Waals surface area contributed by atoms with Gasteiger partial charge in [0.25, 0.3) is 11.8 Å². The fraction of sp³-hybridized carbons (Fsp3) is 0.419. The Morgan fingerprint density at radius 2 is 1.41 bits per heavy atom. The summed E-state index contributed by atoms with van der Waals surface area (Å²) in [5.41, 5.74) is 6.75. The van der Waals surface area contributed by atoms with Gasteiger partial charge in [-0.15, -0.1) is 0 Å². The lowest BCUT2D eigenvalue weighted by Crippen LogP contribution is -2.44. The lowest BCUT2D eigenvalue weighted by Gasteiger charge is -2.38. The maximum atomic E-state index is 13.6. The summed E-state index contributed by atoms with van der Waals surface area (Å²) in [6.07, 6.45) is 12.4. The highest BCUT2D eigenvalue weighted by atomic mass is 35.5. The second kappa shape index (κ2) is 16.6. The molecular weight excluding hydrogens is 751 g/mol. The molecule has 2 aliphatic carbocycles. The number of aliphatic hydroxyl groups excluding tert-OH is 1. The van der Waals surface area contributed by atoms with Gasteiger partial charge in [-0.05, 0) is 117 Å². The van der Waals surface area contributed by atoms with E-state index in [1.54, 1.807) is 48.8 Å². The van der Waals surface area contributed by atoms with Gasteiger partial charge in [-0.2, -0.15) is 0 Å². The van der Waals surface area contributed by atoms with Gasteiger partial charge in [0.1, 0.15) is 17.4 Å². The summed E-state index contributed by atoms with van der Waals surface area (Å²) in [7, 11) is 0. The Morgan fingerprint density at radius 3 is 2.05 bits per heavy atom. The first-order valence-electron chi connectivity index (χ1n) is 19.7. The van der Waals surface area contributed by atoms with E-state index in [1.165, 1.54) is 0 Å². The van der Waals surface area contributed by atoms with E-state index in [0.717, 1.165) is 99.7 Å². The molecule has 0 bridgehead atoms. The molecule has 1 saturated heterocycles. The van der Waals surface area contributed by atoms with Gasteiger partial charge in [-0.25, -0.2) is 0 Å². The standard InChI is InChI=1S/C43H46Cl2N6O5/c44-39-31(5-3-7-34(39)48-41(53)36-19-26-16-18-50(23-27(26)21-46-36)29-12-14-30(52)15-13-29)32-6-4-8-35(40(32)45)49-42(54)37-20-33(25-10-11-25)28(22-47-37)24-51-17-2-1-9-38(51)43(55)56/h3-8,19-22,25,29-30,38,52H,1-2,9-18,23-24H2,(H,48,53)(H,49,54)(H,55,56). The number of pyridine rings is 2. The number of carboxylic acids is 1. The van der Waals surface area contributed by atoms with Crippen LogP contribution in [-0.4, -0.2) is 79.0 Å². The molecule has 2 aromatic carbocycles. The minimum atomic E-state index is -0.800. The highest BCUT2D eigenvalue weighted by molar-refractivity contribution is 6.40. The number of fused-ring (bicyclic) bond motifs is 1. The number of halogens is 2. The minimum absolute atomic E-state index is 0.183. The number of aliphatic hydroxyl groups is 1. The first-order chi connectivity index (χ1) is 27.1. The maximum Gasteiger partial charge on any atom is 0.320 e. The van der Waals surface area contributed by atoms with Crippen molar-refractivity contribution in [3.8, 4) is 11.1 Å². The van der Waals surface area contributed by atoms with Crippen LogP contribution < -0.4 is 10.6 Å². The highest BCUT2D eigenvalue weighted by Gasteiger charge is 2.33. The van der Waals surface area contributed by atoms with Gasteiger partial charge in [-0.1, -0.05) is 53.9 Å². The van der Waals surface area contributed by atoms with Crippen LogP contribution in [0.1, 0.15) is 107 Å². The number of hydrogen-bond acceptors (Lipinski definition) is 8. The van der Waals surface area contributed by atoms with Crippen LogP contribution in [0, 0.1) is 0 Å². The zero-order chi connectivity index (χ0) is 38.9. The van der Waals surface area contributed by atoms with Crippen molar-refractivity contribution in [3.05, 3.63) is 105 Å². The summed E-state index contributed by atoms with van der Waals surface area (Å²) in [5.74, 6) is -1.26. The number of nitrogens with zero attached hydrogens (tertiary/aromatic N) is 4. The summed E-state index contributed by atoms with van der Waals surface area (Å²) < 4.78 is 0. The molecular formula is C43H46Cl2N6O5. The average Bonchev–Trinajstić information content (AvgIpc) is 4.06. The molecule has 0 spiro atoms. The van der Waals surface area contributed by atoms with E-state index in [9.17, 15) is 24.6 Å². The molecule has 292 valence electrons. The first kappa shape index (κ1) is 38.5. The van der Waals surface area contributed by atoms with Crippen molar-refractivity contribution in [2.75, 3.05) is 23.7 Å². The normalized spacial score (nSPS) is 21.6. The van der Waals surface area contributed by atoms with Crippen LogP contribution >= 0.6 is 23.2 Å². The van der Waals surface area contributed by atoms with E-state index in [2.05, 4.69) is 25.5 Å². The molecule has 1 unspecified atom stereocenters. The molecule has 11 nitrogen and oxygen atoms in total. The van der Waals surface area contributed by atoms with Crippen molar-refractivity contribution in [2.45, 2.75) is 101 Å². The van der Waals surface area contributed by atoms with E-state index in [1.807, 2.05) is 17.0 Å². The summed E-state index contributed by atoms with van der Waals surface area (Å²) in [6, 6.07) is 14.3. The fourth-order valence-corrected chi connectivity index (χ4v) is 9.13. The molecule has 2 saturated carbocycles. The molecule has 4 aromatic rings. The number of benzene rings is 2. The van der Waals surface area contributed by atoms with Gasteiger partial charge in [0.15, 0.2) is 0 Å². The summed E-state index contributed by atoms with van der Waals surface area (Å²) in [5, 5.41) is 26.1. The molecule has 0 radical (unpaired) electrons. The van der Waals surface area contributed by atoms with E-state index in [4.69, 9.17) is 23.2 Å². The van der Waals surface area contributed by atoms with Crippen LogP contribution in [0.2, 0.25) is 10.0 Å². The zero-order valence-corrected chi connectivity index (χ0v) is 32.7. The number of amides is 2. The van der Waals surface area contributed by atoms with Crippen molar-refractivity contribution in [1.29, 1.82) is 0 Å². The maximum absolute atomic E-state index is 13.6. The number of carbonyl (C=O) groups excluding carboxylic acids is 2. The molecule has 2 aromatic heterocycles. The Bertz CT molecular complexity index is 2150. The third-order valence-corrected chi connectivity index (χ3v) is 12.7. The summed E-state index contributed by atoms with van der Waals surface area (Å²) >= 11 is 13.9. The van der Waals surface area contributed by atoms with E-state index < -0.39 is 17.9 Å². The molecule has 8 rings (SSSR count). The molecule has 4 heterocycles. The Labute approximate surface area is 336 Å². The quantitative estimate of drug-likeness (QED) is 0.126. The third-order valence-electron chi connectivity index (χ3n) is 11.9. The first-order valence-corrected chi connectivity index (χ1v) is 20.4. The van der Waals surface area contributed by atoms with E-state index in [0.29, 0.717) is 58.1 Å². The van der Waals surface area contributed by atoms with Gasteiger partial charge in [0.05, 0.1) is 27.5 Å². The smallest absolute Gasteiger partial charge is 0.320 e. The molecule has 1 atom stereocenters. The Morgan fingerprint density at radius 1 is 0.768 bits per heavy atom. The van der Waals surface area contributed by atoms with Gasteiger partial charge in [0.2, 0.25) is 0 Å². The lowest BCUT2D eigenvalue weighted by atomic mass is 9.90. The topological polar surface area (TPSA) is 148 Å². The number of aromatic nitrogens is 2. The molecule has 2 aliphatic heterocycles. The Kier molecular flexibility index (Phi) is 11.4. The van der Waals surface area contributed by atoms with Crippen molar-refractivity contribution in [2.24, 2.45) is 0 Å². The van der Waals surface area contributed by atoms with E-state index in [-0.39, 0.29) is 22.7 Å². The number of likely N-dealkylation sites (tertiary alicyclic amines) is 1. The molecule has 2 amide bonds. The van der Waals surface area contributed by atoms with Crippen LogP contribution in [0.25, 0.3) is 11.1 Å². The van der Waals surface area contributed by atoms with Crippen molar-refractivity contribution in [3.63, 3.8) is 0 Å². The van der Waals surface area contributed by atoms with Crippen molar-refractivity contribution >= 4 is 52.4 Å². The number of carbonyl (C=O) groups is 3. The van der Waals surface area contributed by atoms with Gasteiger partial charge < -0.3 is 20.8 Å². The fourth-order valence-electron chi connectivity index (χ4n) is 8.58.